The average Bonchev–Trinajstić information content (AvgIpc) is 2.51. The Bertz CT molecular complexity index is 347. The van der Waals surface area contributed by atoms with E-state index in [-0.39, 0.29) is 0 Å². The van der Waals surface area contributed by atoms with E-state index in [1.54, 1.807) is 0 Å². The number of hydrogen-bond acceptors (Lipinski definition) is 2. The van der Waals surface area contributed by atoms with Crippen LogP contribution in [0, 0.1) is 12.3 Å². The molecule has 17 heavy (non-hydrogen) atoms. The smallest absolute Gasteiger partial charge is 0.0641 e. The Balaban J connectivity index is 2.75. The fraction of sp³-hybridized carbons (Fsp3) is 0.786. The molecule has 0 bridgehead atoms. The van der Waals surface area contributed by atoms with Gasteiger partial charge in [0.05, 0.1) is 5.69 Å². The predicted molar refractivity (Wildman–Crippen MR) is 73.1 cm³/mol. The number of rotatable bonds is 5. The van der Waals surface area contributed by atoms with Crippen LogP contribution in [-0.4, -0.2) is 16.3 Å². The molecule has 3 heteroatoms. The van der Waals surface area contributed by atoms with Crippen LogP contribution in [0.3, 0.4) is 0 Å². The lowest BCUT2D eigenvalue weighted by Crippen LogP contribution is -2.23. The normalized spacial score (nSPS) is 14.0. The second-order valence-corrected chi connectivity index (χ2v) is 6.05. The van der Waals surface area contributed by atoms with Crippen LogP contribution >= 0.6 is 0 Å². The molecule has 0 aromatic carbocycles. The molecule has 1 atom stereocenters. The molecule has 0 aliphatic rings. The fourth-order valence-electron chi connectivity index (χ4n) is 2.15. The molecule has 1 rings (SSSR count). The second-order valence-electron chi connectivity index (χ2n) is 6.05. The van der Waals surface area contributed by atoms with Crippen LogP contribution in [0.25, 0.3) is 0 Å². The molecule has 0 radical (unpaired) electrons. The van der Waals surface area contributed by atoms with E-state index in [0.717, 1.165) is 12.2 Å². The van der Waals surface area contributed by atoms with Crippen LogP contribution in [-0.2, 0) is 7.05 Å². The number of nitrogens with zero attached hydrogens (tertiary/aromatic N) is 2. The second kappa shape index (κ2) is 5.67. The summed E-state index contributed by atoms with van der Waals surface area (Å²) in [5.41, 5.74) is 2.88. The van der Waals surface area contributed by atoms with Crippen molar-refractivity contribution in [3.05, 3.63) is 17.5 Å². The highest BCUT2D eigenvalue weighted by Gasteiger charge is 2.19. The lowest BCUT2D eigenvalue weighted by atomic mass is 9.87. The summed E-state index contributed by atoms with van der Waals surface area (Å²) in [5, 5.41) is 8.01. The average molecular weight is 237 g/mol. The zero-order valence-corrected chi connectivity index (χ0v) is 12.2. The van der Waals surface area contributed by atoms with Crippen molar-refractivity contribution in [1.29, 1.82) is 0 Å². The van der Waals surface area contributed by atoms with Crippen molar-refractivity contribution < 1.29 is 0 Å². The van der Waals surface area contributed by atoms with Gasteiger partial charge >= 0.3 is 0 Å². The van der Waals surface area contributed by atoms with Crippen molar-refractivity contribution in [1.82, 2.24) is 15.1 Å². The van der Waals surface area contributed by atoms with E-state index in [2.05, 4.69) is 51.2 Å². The van der Waals surface area contributed by atoms with Crippen molar-refractivity contribution in [2.45, 2.75) is 53.5 Å². The van der Waals surface area contributed by atoms with E-state index in [1.807, 2.05) is 11.7 Å². The lowest BCUT2D eigenvalue weighted by molar-refractivity contribution is 0.333. The Hall–Kier alpha value is -0.830. The first kappa shape index (κ1) is 14.2. The van der Waals surface area contributed by atoms with Crippen LogP contribution in [0.1, 0.15) is 57.8 Å². The number of nitrogens with one attached hydrogen (secondary N) is 1. The summed E-state index contributed by atoms with van der Waals surface area (Å²) >= 11 is 0. The van der Waals surface area contributed by atoms with Gasteiger partial charge in [-0.3, -0.25) is 4.68 Å². The largest absolute Gasteiger partial charge is 0.310 e. The highest BCUT2D eigenvalue weighted by atomic mass is 15.3. The van der Waals surface area contributed by atoms with E-state index in [4.69, 9.17) is 0 Å². The Labute approximate surface area is 106 Å². The SMILES string of the molecule is CCNC(CCC(C)(C)C)c1cn(C)nc1C. The monoisotopic (exact) mass is 237 g/mol. The van der Waals surface area contributed by atoms with Crippen LogP contribution in [0.5, 0.6) is 0 Å². The molecule has 0 amide bonds. The van der Waals surface area contributed by atoms with Gasteiger partial charge in [-0.15, -0.1) is 0 Å². The van der Waals surface area contributed by atoms with Gasteiger partial charge in [0, 0.05) is 24.8 Å². The van der Waals surface area contributed by atoms with Gasteiger partial charge in [0.25, 0.3) is 0 Å². The minimum Gasteiger partial charge on any atom is -0.310 e. The van der Waals surface area contributed by atoms with Crippen molar-refractivity contribution >= 4 is 0 Å². The summed E-state index contributed by atoms with van der Waals surface area (Å²) in [7, 11) is 1.99. The van der Waals surface area contributed by atoms with Crippen molar-refractivity contribution in [3.63, 3.8) is 0 Å². The van der Waals surface area contributed by atoms with E-state index >= 15 is 0 Å². The van der Waals surface area contributed by atoms with Gasteiger partial charge < -0.3 is 5.32 Å². The topological polar surface area (TPSA) is 29.9 Å². The molecule has 0 aliphatic heterocycles. The third-order valence-electron chi connectivity index (χ3n) is 3.06. The van der Waals surface area contributed by atoms with Crippen molar-refractivity contribution in [2.75, 3.05) is 6.54 Å². The van der Waals surface area contributed by atoms with Gasteiger partial charge in [-0.25, -0.2) is 0 Å². The standard InChI is InChI=1S/C14H27N3/c1-7-15-13(8-9-14(3,4)5)12-10-17(6)16-11(12)2/h10,13,15H,7-9H2,1-6H3. The summed E-state index contributed by atoms with van der Waals surface area (Å²) in [6.45, 7) is 12.2. The molecule has 1 unspecified atom stereocenters. The summed E-state index contributed by atoms with van der Waals surface area (Å²) < 4.78 is 1.91. The molecule has 1 N–H and O–H groups in total. The van der Waals surface area contributed by atoms with Gasteiger partial charge in [-0.1, -0.05) is 27.7 Å². The molecule has 1 heterocycles. The third-order valence-corrected chi connectivity index (χ3v) is 3.06. The first-order chi connectivity index (χ1) is 7.83. The molecule has 98 valence electrons. The molecule has 1 aromatic rings. The van der Waals surface area contributed by atoms with Gasteiger partial charge in [0.1, 0.15) is 0 Å². The molecule has 1 aromatic heterocycles. The highest BCUT2D eigenvalue weighted by molar-refractivity contribution is 5.20. The maximum absolute atomic E-state index is 4.44. The fourth-order valence-corrected chi connectivity index (χ4v) is 2.15. The van der Waals surface area contributed by atoms with Crippen LogP contribution in [0.2, 0.25) is 0 Å². The summed E-state index contributed by atoms with van der Waals surface area (Å²) in [5.74, 6) is 0. The highest BCUT2D eigenvalue weighted by Crippen LogP contribution is 2.28. The lowest BCUT2D eigenvalue weighted by Gasteiger charge is -2.23. The minimum absolute atomic E-state index is 0.393. The summed E-state index contributed by atoms with van der Waals surface area (Å²) in [6.07, 6.45) is 4.54. The van der Waals surface area contributed by atoms with Crippen molar-refractivity contribution in [2.24, 2.45) is 12.5 Å². The predicted octanol–water partition coefficient (Wildman–Crippen LogP) is 3.21. The Morgan fingerprint density at radius 1 is 1.41 bits per heavy atom. The van der Waals surface area contributed by atoms with Gasteiger partial charge in [0.2, 0.25) is 0 Å². The molecule has 0 fully saturated rings. The minimum atomic E-state index is 0.393. The van der Waals surface area contributed by atoms with Gasteiger partial charge in [-0.2, -0.15) is 5.10 Å². The molecule has 0 saturated heterocycles. The van der Waals surface area contributed by atoms with Crippen LogP contribution in [0.15, 0.2) is 6.20 Å². The molecule has 0 spiro atoms. The van der Waals surface area contributed by atoms with Crippen LogP contribution < -0.4 is 5.32 Å². The van der Waals surface area contributed by atoms with E-state index in [0.29, 0.717) is 11.5 Å². The van der Waals surface area contributed by atoms with Gasteiger partial charge in [-0.05, 0) is 31.7 Å². The van der Waals surface area contributed by atoms with E-state index in [9.17, 15) is 0 Å². The number of hydrogen-bond donors (Lipinski definition) is 1. The first-order valence-electron chi connectivity index (χ1n) is 6.57. The molecular weight excluding hydrogens is 210 g/mol. The zero-order valence-electron chi connectivity index (χ0n) is 12.2. The van der Waals surface area contributed by atoms with Gasteiger partial charge in [0.15, 0.2) is 0 Å². The zero-order chi connectivity index (χ0) is 13.1. The summed E-state index contributed by atoms with van der Waals surface area (Å²) in [4.78, 5) is 0. The van der Waals surface area contributed by atoms with E-state index in [1.165, 1.54) is 18.4 Å². The molecule has 0 saturated carbocycles. The molecule has 3 nitrogen and oxygen atoms in total. The summed E-state index contributed by atoms with van der Waals surface area (Å²) in [6, 6.07) is 0.438. The Morgan fingerprint density at radius 2 is 2.06 bits per heavy atom. The van der Waals surface area contributed by atoms with Crippen molar-refractivity contribution in [3.8, 4) is 0 Å². The Kier molecular flexibility index (Phi) is 4.75. The maximum Gasteiger partial charge on any atom is 0.0641 e. The third kappa shape index (κ3) is 4.50. The van der Waals surface area contributed by atoms with Crippen LogP contribution in [0.4, 0.5) is 0 Å². The van der Waals surface area contributed by atoms with E-state index < -0.39 is 0 Å². The maximum atomic E-state index is 4.44. The quantitative estimate of drug-likeness (QED) is 0.852. The molecular formula is C14H27N3. The first-order valence-corrected chi connectivity index (χ1v) is 6.57. The number of aryl methyl sites for hydroxylation is 2. The molecule has 0 aliphatic carbocycles. The Morgan fingerprint density at radius 3 is 2.47 bits per heavy atom. The number of aromatic nitrogens is 2.